The third-order valence-corrected chi connectivity index (χ3v) is 12.4. The Kier molecular flexibility index (Phi) is 6.02. The van der Waals surface area contributed by atoms with Crippen LogP contribution in [0.15, 0.2) is 168 Å². The van der Waals surface area contributed by atoms with Crippen LogP contribution in [0.5, 0.6) is 0 Å². The molecule has 0 N–H and O–H groups in total. The number of fused-ring (bicyclic) bond motifs is 15. The molecule has 0 radical (unpaired) electrons. The predicted octanol–water partition coefficient (Wildman–Crippen LogP) is 12.3. The first kappa shape index (κ1) is 30.5. The Labute approximate surface area is 318 Å². The van der Waals surface area contributed by atoms with E-state index in [1.165, 1.54) is 55.6 Å². The number of para-hydroxylation sites is 1. The molecule has 0 amide bonds. The first-order valence-corrected chi connectivity index (χ1v) is 18.9. The summed E-state index contributed by atoms with van der Waals surface area (Å²) in [5.41, 5.74) is 16.8. The van der Waals surface area contributed by atoms with Gasteiger partial charge in [-0.25, -0.2) is 15.0 Å². The van der Waals surface area contributed by atoms with Crippen molar-refractivity contribution in [1.29, 1.82) is 0 Å². The van der Waals surface area contributed by atoms with Gasteiger partial charge in [-0.15, -0.1) is 0 Å². The van der Waals surface area contributed by atoms with Gasteiger partial charge in [-0.2, -0.15) is 0 Å². The molecule has 0 aliphatic heterocycles. The fourth-order valence-corrected chi connectivity index (χ4v) is 9.93. The van der Waals surface area contributed by atoms with Gasteiger partial charge in [0.15, 0.2) is 17.5 Å². The van der Waals surface area contributed by atoms with E-state index >= 15 is 0 Å². The van der Waals surface area contributed by atoms with Crippen LogP contribution in [0.2, 0.25) is 0 Å². The van der Waals surface area contributed by atoms with Crippen molar-refractivity contribution in [2.45, 2.75) is 24.7 Å². The Morgan fingerprint density at radius 1 is 0.400 bits per heavy atom. The summed E-state index contributed by atoms with van der Waals surface area (Å²) in [5.74, 6) is 2.82. The Hall–Kier alpha value is -6.91. The molecule has 9 aromatic rings. The van der Waals surface area contributed by atoms with E-state index in [4.69, 9.17) is 19.4 Å². The average molecular weight is 704 g/mol. The van der Waals surface area contributed by atoms with Gasteiger partial charge in [0.05, 0.1) is 5.41 Å². The molecule has 1 spiro atoms. The van der Waals surface area contributed by atoms with Gasteiger partial charge in [-0.3, -0.25) is 0 Å². The first-order chi connectivity index (χ1) is 27.0. The molecule has 0 unspecified atom stereocenters. The topological polar surface area (TPSA) is 51.8 Å². The van der Waals surface area contributed by atoms with Crippen molar-refractivity contribution >= 4 is 11.0 Å². The van der Waals surface area contributed by atoms with Crippen molar-refractivity contribution in [3.05, 3.63) is 197 Å². The summed E-state index contributed by atoms with van der Waals surface area (Å²) in [5, 5.41) is 1.14. The van der Waals surface area contributed by atoms with Gasteiger partial charge < -0.3 is 4.42 Å². The minimum atomic E-state index is -0.517. The fourth-order valence-electron chi connectivity index (χ4n) is 9.93. The van der Waals surface area contributed by atoms with Gasteiger partial charge in [-0.1, -0.05) is 159 Å². The molecule has 0 fully saturated rings. The molecule has 2 heterocycles. The summed E-state index contributed by atoms with van der Waals surface area (Å²) in [6, 6.07) is 58.5. The Morgan fingerprint density at radius 2 is 0.909 bits per heavy atom. The molecule has 258 valence electrons. The van der Waals surface area contributed by atoms with Crippen LogP contribution in [0.1, 0.15) is 47.2 Å². The third-order valence-electron chi connectivity index (χ3n) is 12.4. The lowest BCUT2D eigenvalue weighted by Gasteiger charge is -2.29. The second-order valence-electron chi connectivity index (χ2n) is 15.5. The molecule has 0 bridgehead atoms. The Balaban J connectivity index is 1.09. The number of furan rings is 1. The van der Waals surface area contributed by atoms with Crippen LogP contribution >= 0.6 is 0 Å². The molecular weight excluding hydrogens is 671 g/mol. The molecule has 2 aromatic heterocycles. The number of hydrogen-bond donors (Lipinski definition) is 0. The lowest BCUT2D eigenvalue weighted by Crippen LogP contribution is -2.25. The molecule has 55 heavy (non-hydrogen) atoms. The molecule has 0 saturated carbocycles. The highest BCUT2D eigenvalue weighted by Gasteiger charge is 2.54. The fraction of sp³-hybridized carbons (Fsp3) is 0.0784. The van der Waals surface area contributed by atoms with Crippen LogP contribution in [-0.4, -0.2) is 15.0 Å². The molecule has 3 aliphatic rings. The van der Waals surface area contributed by atoms with E-state index in [9.17, 15) is 0 Å². The van der Waals surface area contributed by atoms with Crippen LogP contribution in [0.3, 0.4) is 0 Å². The Bertz CT molecular complexity index is 3040. The van der Waals surface area contributed by atoms with Gasteiger partial charge in [-0.05, 0) is 68.3 Å². The lowest BCUT2D eigenvalue weighted by molar-refractivity contribution is 0.628. The molecule has 12 rings (SSSR count). The maximum atomic E-state index is 6.87. The molecule has 3 aliphatic carbocycles. The zero-order valence-corrected chi connectivity index (χ0v) is 30.3. The average Bonchev–Trinajstić information content (AvgIpc) is 3.93. The van der Waals surface area contributed by atoms with Crippen molar-refractivity contribution in [3.8, 4) is 67.7 Å². The highest BCUT2D eigenvalue weighted by Crippen LogP contribution is 2.65. The zero-order chi connectivity index (χ0) is 36.5. The maximum Gasteiger partial charge on any atom is 0.164 e. The third kappa shape index (κ3) is 3.98. The van der Waals surface area contributed by atoms with Crippen LogP contribution in [0, 0.1) is 0 Å². The number of aromatic nitrogens is 3. The van der Waals surface area contributed by atoms with Gasteiger partial charge in [0.2, 0.25) is 0 Å². The minimum Gasteiger partial charge on any atom is -0.456 e. The van der Waals surface area contributed by atoms with E-state index < -0.39 is 5.41 Å². The second kappa shape index (κ2) is 10.8. The SMILES string of the molecule is CC1(C)c2ccccc2-c2ccc(-c3nc(-c4ccccc4)nc(-c4ccc5c(c4)-c4oc6ccccc6c4C54c5ccccc5-c5ccccc54)n3)cc21. The largest absolute Gasteiger partial charge is 0.456 e. The van der Waals surface area contributed by atoms with Gasteiger partial charge in [0, 0.05) is 38.6 Å². The van der Waals surface area contributed by atoms with Crippen molar-refractivity contribution in [1.82, 2.24) is 15.0 Å². The second-order valence-corrected chi connectivity index (χ2v) is 15.5. The van der Waals surface area contributed by atoms with Crippen molar-refractivity contribution in [3.63, 3.8) is 0 Å². The van der Waals surface area contributed by atoms with Crippen LogP contribution in [-0.2, 0) is 10.8 Å². The van der Waals surface area contributed by atoms with Gasteiger partial charge in [0.1, 0.15) is 11.3 Å². The van der Waals surface area contributed by atoms with E-state index in [-0.39, 0.29) is 5.41 Å². The van der Waals surface area contributed by atoms with Gasteiger partial charge >= 0.3 is 0 Å². The summed E-state index contributed by atoms with van der Waals surface area (Å²) >= 11 is 0. The summed E-state index contributed by atoms with van der Waals surface area (Å²) in [6.45, 7) is 4.61. The quantitative estimate of drug-likeness (QED) is 0.184. The first-order valence-electron chi connectivity index (χ1n) is 18.9. The summed E-state index contributed by atoms with van der Waals surface area (Å²) in [4.78, 5) is 15.5. The molecule has 7 aromatic carbocycles. The van der Waals surface area contributed by atoms with E-state index in [0.717, 1.165) is 39.0 Å². The molecule has 4 heteroatoms. The summed E-state index contributed by atoms with van der Waals surface area (Å²) < 4.78 is 6.87. The van der Waals surface area contributed by atoms with E-state index in [2.05, 4.69) is 159 Å². The molecule has 4 nitrogen and oxygen atoms in total. The maximum absolute atomic E-state index is 6.87. The molecule has 0 saturated heterocycles. The van der Waals surface area contributed by atoms with E-state index in [0.29, 0.717) is 17.5 Å². The van der Waals surface area contributed by atoms with Crippen LogP contribution in [0.25, 0.3) is 78.7 Å². The zero-order valence-electron chi connectivity index (χ0n) is 30.3. The molecule has 0 atom stereocenters. The van der Waals surface area contributed by atoms with Crippen LogP contribution < -0.4 is 0 Å². The standard InChI is InChI=1S/C51H33N3O/c1-50(2)39-20-10-6-16-33(39)36-26-24-32(29-43(36)50)49-53-47(30-14-4-3-5-15-30)52-48(54-49)31-25-27-42-38(28-31)46-45(37-19-9-13-23-44(37)55-46)51(42)40-21-11-7-17-34(40)35-18-8-12-22-41(35)51/h3-29H,1-2H3. The van der Waals surface area contributed by atoms with Crippen molar-refractivity contribution in [2.75, 3.05) is 0 Å². The minimum absolute atomic E-state index is 0.141. The van der Waals surface area contributed by atoms with E-state index in [1.807, 2.05) is 18.2 Å². The number of hydrogen-bond acceptors (Lipinski definition) is 4. The number of benzene rings is 7. The normalized spacial score (nSPS) is 14.7. The monoisotopic (exact) mass is 703 g/mol. The summed E-state index contributed by atoms with van der Waals surface area (Å²) in [7, 11) is 0. The predicted molar refractivity (Wildman–Crippen MR) is 220 cm³/mol. The lowest BCUT2D eigenvalue weighted by atomic mass is 9.70. The van der Waals surface area contributed by atoms with Crippen molar-refractivity contribution < 1.29 is 4.42 Å². The highest BCUT2D eigenvalue weighted by molar-refractivity contribution is 6.02. The Morgan fingerprint density at radius 3 is 1.62 bits per heavy atom. The van der Waals surface area contributed by atoms with Crippen molar-refractivity contribution in [2.24, 2.45) is 0 Å². The van der Waals surface area contributed by atoms with E-state index in [1.54, 1.807) is 0 Å². The number of nitrogens with zero attached hydrogens (tertiary/aromatic N) is 3. The summed E-state index contributed by atoms with van der Waals surface area (Å²) in [6.07, 6.45) is 0. The highest BCUT2D eigenvalue weighted by atomic mass is 16.3. The smallest absolute Gasteiger partial charge is 0.164 e. The number of rotatable bonds is 3. The molecular formula is C51H33N3O. The van der Waals surface area contributed by atoms with Gasteiger partial charge in [0.25, 0.3) is 0 Å². The van der Waals surface area contributed by atoms with Crippen LogP contribution in [0.4, 0.5) is 0 Å².